The molecule has 1 aromatic heterocycles. The molecule has 0 saturated heterocycles. The minimum absolute atomic E-state index is 0.0824. The predicted octanol–water partition coefficient (Wildman–Crippen LogP) is 4.13. The van der Waals surface area contributed by atoms with E-state index in [-0.39, 0.29) is 11.8 Å². The molecule has 3 aromatic rings. The molecule has 0 aliphatic heterocycles. The predicted molar refractivity (Wildman–Crippen MR) is 106 cm³/mol. The molecule has 1 heterocycles. The monoisotopic (exact) mass is 437 g/mol. The summed E-state index contributed by atoms with van der Waals surface area (Å²) in [7, 11) is -3.67. The Balaban J connectivity index is 2.24. The highest BCUT2D eigenvalue weighted by Gasteiger charge is 2.24. The number of rotatable bonds is 4. The molecule has 0 unspecified atom stereocenters. The van der Waals surface area contributed by atoms with Crippen LogP contribution in [-0.4, -0.2) is 22.6 Å². The van der Waals surface area contributed by atoms with Crippen molar-refractivity contribution in [1.82, 2.24) is 8.96 Å². The van der Waals surface area contributed by atoms with Gasteiger partial charge in [-0.15, -0.1) is 0 Å². The van der Waals surface area contributed by atoms with Crippen LogP contribution in [0.3, 0.4) is 0 Å². The van der Waals surface area contributed by atoms with Gasteiger partial charge in [0.15, 0.2) is 0 Å². The highest BCUT2D eigenvalue weighted by atomic mass is 79.9. The average Bonchev–Trinajstić information content (AvgIpc) is 2.91. The number of benzene rings is 2. The van der Waals surface area contributed by atoms with E-state index < -0.39 is 15.3 Å². The smallest absolute Gasteiger partial charge is 0.244 e. The van der Waals surface area contributed by atoms with E-state index in [2.05, 4.69) is 20.9 Å². The number of nitrogens with zero attached hydrogens (tertiary/aromatic N) is 2. The van der Waals surface area contributed by atoms with Gasteiger partial charge in [0.2, 0.25) is 16.0 Å². The molecule has 136 valence electrons. The van der Waals surface area contributed by atoms with Gasteiger partial charge in [0.05, 0.1) is 16.3 Å². The van der Waals surface area contributed by atoms with Crippen LogP contribution in [0.4, 0.5) is 10.3 Å². The first-order chi connectivity index (χ1) is 12.3. The first kappa shape index (κ1) is 18.6. The Kier molecular flexibility index (Phi) is 4.90. The zero-order valence-corrected chi connectivity index (χ0v) is 16.6. The number of nitrogen functional groups attached to an aromatic ring is 1. The van der Waals surface area contributed by atoms with Crippen LogP contribution in [0, 0.1) is 5.82 Å². The van der Waals surface area contributed by atoms with Gasteiger partial charge in [0.1, 0.15) is 5.82 Å². The summed E-state index contributed by atoms with van der Waals surface area (Å²) in [6.07, 6.45) is 0. The van der Waals surface area contributed by atoms with Crippen LogP contribution in [0.15, 0.2) is 47.4 Å². The molecule has 5 nitrogen and oxygen atoms in total. The van der Waals surface area contributed by atoms with Crippen molar-refractivity contribution in [3.05, 3.63) is 64.4 Å². The van der Waals surface area contributed by atoms with Crippen LogP contribution in [-0.2, 0) is 10.0 Å². The van der Waals surface area contributed by atoms with Crippen molar-refractivity contribution in [2.75, 3.05) is 5.73 Å². The summed E-state index contributed by atoms with van der Waals surface area (Å²) in [5.41, 5.74) is 8.80. The Labute approximate surface area is 159 Å². The Morgan fingerprint density at radius 1 is 1.23 bits per heavy atom. The normalized spacial score (nSPS) is 12.9. The minimum Gasteiger partial charge on any atom is -0.368 e. The number of fused-ring (bicyclic) bond motifs is 1. The van der Waals surface area contributed by atoms with Crippen LogP contribution in [0.25, 0.3) is 16.6 Å². The minimum atomic E-state index is -3.67. The van der Waals surface area contributed by atoms with Gasteiger partial charge in [-0.3, -0.25) is 0 Å². The quantitative estimate of drug-likeness (QED) is 0.665. The van der Waals surface area contributed by atoms with Crippen molar-refractivity contribution in [3.8, 4) is 0 Å². The summed E-state index contributed by atoms with van der Waals surface area (Å²) >= 11 is 3.31. The molecule has 0 atom stereocenters. The Morgan fingerprint density at radius 2 is 1.92 bits per heavy atom. The number of nitrogens with two attached hydrogens (primary N) is 1. The van der Waals surface area contributed by atoms with Gasteiger partial charge in [0, 0.05) is 0 Å². The molecule has 0 bridgehead atoms. The second-order valence-electron chi connectivity index (χ2n) is 6.06. The van der Waals surface area contributed by atoms with Crippen LogP contribution in [0.5, 0.6) is 0 Å². The molecule has 0 amide bonds. The molecule has 26 heavy (non-hydrogen) atoms. The van der Waals surface area contributed by atoms with E-state index in [1.807, 2.05) is 0 Å². The van der Waals surface area contributed by atoms with Gasteiger partial charge in [-0.05, 0) is 59.8 Å². The first-order valence-electron chi connectivity index (χ1n) is 7.84. The maximum absolute atomic E-state index is 13.6. The fourth-order valence-corrected chi connectivity index (χ4v) is 4.34. The molecule has 0 fully saturated rings. The average molecular weight is 438 g/mol. The number of halogens is 2. The number of aromatic nitrogens is 2. The van der Waals surface area contributed by atoms with E-state index in [0.29, 0.717) is 27.7 Å². The van der Waals surface area contributed by atoms with Gasteiger partial charge in [0.25, 0.3) is 0 Å². The highest BCUT2D eigenvalue weighted by Crippen LogP contribution is 2.30. The Bertz CT molecular complexity index is 1120. The zero-order chi connectivity index (χ0) is 19.1. The van der Waals surface area contributed by atoms with E-state index in [4.69, 9.17) is 5.73 Å². The lowest BCUT2D eigenvalue weighted by atomic mass is 9.99. The van der Waals surface area contributed by atoms with E-state index in [1.54, 1.807) is 49.2 Å². The van der Waals surface area contributed by atoms with Crippen LogP contribution >= 0.6 is 15.9 Å². The number of hydrogen-bond acceptors (Lipinski definition) is 4. The molecule has 0 saturated carbocycles. The summed E-state index contributed by atoms with van der Waals surface area (Å²) in [5.74, 6) is -0.437. The van der Waals surface area contributed by atoms with Crippen molar-refractivity contribution < 1.29 is 12.8 Å². The van der Waals surface area contributed by atoms with Gasteiger partial charge >= 0.3 is 0 Å². The standard InChI is InChI=1S/C18H17BrFN3O2S/c1-11(2)26(24,25)23-17-9-13(6-7-16(17)22-18(23)21)15(10-19)12-4-3-5-14(20)8-12/h3-11H,1-2H3,(H2,21,22). The summed E-state index contributed by atoms with van der Waals surface area (Å²) in [6, 6.07) is 11.3. The maximum Gasteiger partial charge on any atom is 0.244 e. The van der Waals surface area contributed by atoms with E-state index in [1.165, 1.54) is 12.1 Å². The third kappa shape index (κ3) is 3.14. The van der Waals surface area contributed by atoms with Gasteiger partial charge in [-0.25, -0.2) is 21.8 Å². The van der Waals surface area contributed by atoms with Crippen molar-refractivity contribution in [2.45, 2.75) is 19.1 Å². The summed E-state index contributed by atoms with van der Waals surface area (Å²) in [4.78, 5) is 5.82. The molecule has 2 N–H and O–H groups in total. The maximum atomic E-state index is 13.6. The van der Waals surface area contributed by atoms with Crippen molar-refractivity contribution in [2.24, 2.45) is 0 Å². The number of imidazole rings is 1. The zero-order valence-electron chi connectivity index (χ0n) is 14.1. The summed E-state index contributed by atoms with van der Waals surface area (Å²) in [5, 5.41) is -0.653. The van der Waals surface area contributed by atoms with Gasteiger partial charge in [-0.1, -0.05) is 34.1 Å². The molecule has 0 spiro atoms. The summed E-state index contributed by atoms with van der Waals surface area (Å²) in [6.45, 7) is 3.17. The number of hydrogen-bond donors (Lipinski definition) is 1. The van der Waals surface area contributed by atoms with Crippen molar-refractivity contribution in [3.63, 3.8) is 0 Å². The van der Waals surface area contributed by atoms with Crippen LogP contribution < -0.4 is 5.73 Å². The molecule has 2 aromatic carbocycles. The van der Waals surface area contributed by atoms with Gasteiger partial charge in [-0.2, -0.15) is 0 Å². The van der Waals surface area contributed by atoms with Crippen molar-refractivity contribution >= 4 is 48.5 Å². The third-order valence-electron chi connectivity index (χ3n) is 4.04. The van der Waals surface area contributed by atoms with E-state index in [9.17, 15) is 12.8 Å². The van der Waals surface area contributed by atoms with E-state index >= 15 is 0 Å². The fourth-order valence-electron chi connectivity index (χ4n) is 2.67. The molecule has 3 rings (SSSR count). The lowest BCUT2D eigenvalue weighted by molar-refractivity contribution is 0.580. The Morgan fingerprint density at radius 3 is 2.54 bits per heavy atom. The van der Waals surface area contributed by atoms with Gasteiger partial charge < -0.3 is 5.73 Å². The summed E-state index contributed by atoms with van der Waals surface area (Å²) < 4.78 is 40.0. The molecule has 0 radical (unpaired) electrons. The van der Waals surface area contributed by atoms with Crippen molar-refractivity contribution in [1.29, 1.82) is 0 Å². The van der Waals surface area contributed by atoms with Crippen LogP contribution in [0.2, 0.25) is 0 Å². The fraction of sp³-hybridized carbons (Fsp3) is 0.167. The Hall–Kier alpha value is -2.19. The molecule has 8 heteroatoms. The SMILES string of the molecule is CC(C)S(=O)(=O)n1c(N)nc2ccc(C(=CBr)c3cccc(F)c3)cc21. The third-order valence-corrected chi connectivity index (χ3v) is 6.59. The molecular formula is C18H17BrFN3O2S. The first-order valence-corrected chi connectivity index (χ1v) is 10.3. The van der Waals surface area contributed by atoms with E-state index in [0.717, 1.165) is 3.97 Å². The molecule has 0 aliphatic rings. The molecular weight excluding hydrogens is 421 g/mol. The topological polar surface area (TPSA) is 78.0 Å². The second-order valence-corrected chi connectivity index (χ2v) is 8.86. The lowest BCUT2D eigenvalue weighted by Crippen LogP contribution is -2.23. The van der Waals surface area contributed by atoms with Crippen LogP contribution in [0.1, 0.15) is 25.0 Å². The lowest BCUT2D eigenvalue weighted by Gasteiger charge is -2.12. The molecule has 0 aliphatic carbocycles. The highest BCUT2D eigenvalue weighted by molar-refractivity contribution is 9.11. The second kappa shape index (κ2) is 6.85. The largest absolute Gasteiger partial charge is 0.368 e. The number of anilines is 1.